The summed E-state index contributed by atoms with van der Waals surface area (Å²) in [5.74, 6) is 0.461. The van der Waals surface area contributed by atoms with Crippen molar-refractivity contribution in [2.75, 3.05) is 7.11 Å². The van der Waals surface area contributed by atoms with Gasteiger partial charge < -0.3 is 4.74 Å². The van der Waals surface area contributed by atoms with E-state index in [1.165, 1.54) is 11.8 Å². The van der Waals surface area contributed by atoms with Crippen LogP contribution in [0.4, 0.5) is 0 Å². The van der Waals surface area contributed by atoms with E-state index in [-0.39, 0.29) is 5.56 Å². The molecule has 0 saturated carbocycles. The van der Waals surface area contributed by atoms with Crippen molar-refractivity contribution in [2.24, 2.45) is 14.1 Å². The zero-order valence-electron chi connectivity index (χ0n) is 7.92. The largest absolute Gasteiger partial charge is 0.490 e. The molecule has 0 radical (unpaired) electrons. The second kappa shape index (κ2) is 3.05. The molecule has 0 atom stereocenters. The summed E-state index contributed by atoms with van der Waals surface area (Å²) in [5.41, 5.74) is 0.863. The van der Waals surface area contributed by atoms with Gasteiger partial charge in [0.25, 0.3) is 0 Å². The fourth-order valence-electron chi connectivity index (χ4n) is 1.33. The van der Waals surface area contributed by atoms with Gasteiger partial charge in [0.1, 0.15) is 0 Å². The highest BCUT2D eigenvalue weighted by molar-refractivity contribution is 5.25. The molecule has 0 fully saturated rings. The van der Waals surface area contributed by atoms with Gasteiger partial charge in [-0.3, -0.25) is 14.2 Å². The Morgan fingerprint density at radius 1 is 1.33 bits per heavy atom. The van der Waals surface area contributed by atoms with Crippen molar-refractivity contribution in [3.8, 4) is 5.75 Å². The molecule has 1 rings (SSSR count). The van der Waals surface area contributed by atoms with Gasteiger partial charge in [0.05, 0.1) is 12.8 Å². The number of hydrogen-bond acceptors (Lipinski definition) is 2. The standard InChI is InChI=1S/C8H14N2O2/c1-5-6-7(12-4)8(11)10(3)9(6)2/h5H2,1-4H3. The van der Waals surface area contributed by atoms with Crippen LogP contribution in [-0.4, -0.2) is 16.5 Å². The Bertz CT molecular complexity index is 336. The van der Waals surface area contributed by atoms with Gasteiger partial charge in [0.2, 0.25) is 5.75 Å². The summed E-state index contributed by atoms with van der Waals surface area (Å²) in [4.78, 5) is 11.4. The molecule has 0 aromatic carbocycles. The molecular weight excluding hydrogens is 156 g/mol. The molecular formula is C8H14N2O2. The molecule has 12 heavy (non-hydrogen) atoms. The first-order valence-electron chi connectivity index (χ1n) is 3.92. The van der Waals surface area contributed by atoms with Gasteiger partial charge in [0, 0.05) is 14.1 Å². The summed E-state index contributed by atoms with van der Waals surface area (Å²) in [6.07, 6.45) is 0.801. The average molecular weight is 170 g/mol. The van der Waals surface area contributed by atoms with E-state index in [9.17, 15) is 4.79 Å². The summed E-state index contributed by atoms with van der Waals surface area (Å²) >= 11 is 0. The number of hydrogen-bond donors (Lipinski definition) is 0. The zero-order chi connectivity index (χ0) is 9.30. The minimum Gasteiger partial charge on any atom is -0.490 e. The number of rotatable bonds is 2. The van der Waals surface area contributed by atoms with Crippen LogP contribution in [0, 0.1) is 0 Å². The van der Waals surface area contributed by atoms with Crippen LogP contribution in [0.1, 0.15) is 12.6 Å². The van der Waals surface area contributed by atoms with Gasteiger partial charge in [-0.2, -0.15) is 0 Å². The molecule has 1 aromatic rings. The fraction of sp³-hybridized carbons (Fsp3) is 0.625. The van der Waals surface area contributed by atoms with Gasteiger partial charge in [-0.05, 0) is 6.42 Å². The van der Waals surface area contributed by atoms with E-state index in [1.54, 1.807) is 11.7 Å². The van der Waals surface area contributed by atoms with Crippen molar-refractivity contribution in [2.45, 2.75) is 13.3 Å². The topological polar surface area (TPSA) is 36.2 Å². The summed E-state index contributed by atoms with van der Waals surface area (Å²) in [6.45, 7) is 2.00. The Balaban J connectivity index is 3.44. The van der Waals surface area contributed by atoms with Crippen LogP contribution in [0.3, 0.4) is 0 Å². The predicted molar refractivity (Wildman–Crippen MR) is 46.6 cm³/mol. The molecule has 4 nitrogen and oxygen atoms in total. The van der Waals surface area contributed by atoms with Gasteiger partial charge in [-0.1, -0.05) is 6.92 Å². The normalized spacial score (nSPS) is 10.3. The summed E-state index contributed by atoms with van der Waals surface area (Å²) in [7, 11) is 5.10. The van der Waals surface area contributed by atoms with Crippen LogP contribution in [0.5, 0.6) is 5.75 Å². The van der Waals surface area contributed by atoms with Crippen LogP contribution in [0.15, 0.2) is 4.79 Å². The molecule has 4 heteroatoms. The lowest BCUT2D eigenvalue weighted by molar-refractivity contribution is 0.405. The Labute approximate surface area is 71.3 Å². The van der Waals surface area contributed by atoms with Crippen molar-refractivity contribution >= 4 is 0 Å². The van der Waals surface area contributed by atoms with Gasteiger partial charge in [-0.15, -0.1) is 0 Å². The molecule has 0 N–H and O–H groups in total. The predicted octanol–water partition coefficient (Wildman–Crippen LogP) is 0.295. The van der Waals surface area contributed by atoms with Crippen molar-refractivity contribution in [1.29, 1.82) is 0 Å². The smallest absolute Gasteiger partial charge is 0.309 e. The quantitative estimate of drug-likeness (QED) is 0.639. The molecule has 0 aliphatic rings. The maximum atomic E-state index is 11.4. The lowest BCUT2D eigenvalue weighted by Gasteiger charge is -2.02. The molecule has 0 bridgehead atoms. The van der Waals surface area contributed by atoms with Crippen LogP contribution in [0.2, 0.25) is 0 Å². The highest BCUT2D eigenvalue weighted by Crippen LogP contribution is 2.12. The molecule has 0 aliphatic carbocycles. The highest BCUT2D eigenvalue weighted by atomic mass is 16.5. The van der Waals surface area contributed by atoms with E-state index in [2.05, 4.69) is 0 Å². The molecule has 1 aromatic heterocycles. The van der Waals surface area contributed by atoms with Gasteiger partial charge >= 0.3 is 5.56 Å². The lowest BCUT2D eigenvalue weighted by atomic mass is 10.3. The molecule has 0 unspecified atom stereocenters. The Morgan fingerprint density at radius 2 is 1.92 bits per heavy atom. The van der Waals surface area contributed by atoms with Crippen LogP contribution < -0.4 is 10.3 Å². The number of methoxy groups -OCH3 is 1. The van der Waals surface area contributed by atoms with E-state index >= 15 is 0 Å². The van der Waals surface area contributed by atoms with Gasteiger partial charge in [-0.25, -0.2) is 0 Å². The Hall–Kier alpha value is -1.19. The first kappa shape index (κ1) is 8.90. The maximum Gasteiger partial charge on any atom is 0.309 e. The molecule has 0 spiro atoms. The fourth-order valence-corrected chi connectivity index (χ4v) is 1.33. The minimum atomic E-state index is -0.0724. The highest BCUT2D eigenvalue weighted by Gasteiger charge is 2.13. The molecule has 0 amide bonds. The Kier molecular flexibility index (Phi) is 2.26. The molecule has 68 valence electrons. The van der Waals surface area contributed by atoms with Crippen molar-refractivity contribution < 1.29 is 4.74 Å². The van der Waals surface area contributed by atoms with Crippen molar-refractivity contribution in [1.82, 2.24) is 9.36 Å². The third kappa shape index (κ3) is 1.03. The maximum absolute atomic E-state index is 11.4. The van der Waals surface area contributed by atoms with Crippen LogP contribution in [-0.2, 0) is 20.5 Å². The lowest BCUT2D eigenvalue weighted by Crippen LogP contribution is -2.17. The van der Waals surface area contributed by atoms with E-state index in [0.29, 0.717) is 5.75 Å². The summed E-state index contributed by atoms with van der Waals surface area (Å²) in [6, 6.07) is 0. The first-order chi connectivity index (χ1) is 5.63. The van der Waals surface area contributed by atoms with Gasteiger partial charge in [0.15, 0.2) is 0 Å². The second-order valence-electron chi connectivity index (χ2n) is 2.69. The third-order valence-corrected chi connectivity index (χ3v) is 2.13. The minimum absolute atomic E-state index is 0.0724. The van der Waals surface area contributed by atoms with E-state index < -0.39 is 0 Å². The zero-order valence-corrected chi connectivity index (χ0v) is 7.92. The first-order valence-corrected chi connectivity index (χ1v) is 3.92. The van der Waals surface area contributed by atoms with Crippen LogP contribution >= 0.6 is 0 Å². The second-order valence-corrected chi connectivity index (χ2v) is 2.69. The monoisotopic (exact) mass is 170 g/mol. The van der Waals surface area contributed by atoms with Crippen LogP contribution in [0.25, 0.3) is 0 Å². The molecule has 0 aliphatic heterocycles. The number of ether oxygens (including phenoxy) is 1. The SMILES string of the molecule is CCc1c(OC)c(=O)n(C)n1C. The third-order valence-electron chi connectivity index (χ3n) is 2.13. The number of aromatic nitrogens is 2. The Morgan fingerprint density at radius 3 is 2.25 bits per heavy atom. The molecule has 1 heterocycles. The average Bonchev–Trinajstić information content (AvgIpc) is 2.29. The molecule has 0 saturated heterocycles. The number of nitrogens with zero attached hydrogens (tertiary/aromatic N) is 2. The summed E-state index contributed by atoms with van der Waals surface area (Å²) < 4.78 is 8.36. The van der Waals surface area contributed by atoms with E-state index in [0.717, 1.165) is 12.1 Å². The summed E-state index contributed by atoms with van der Waals surface area (Å²) in [5, 5.41) is 0. The van der Waals surface area contributed by atoms with Crippen molar-refractivity contribution in [3.05, 3.63) is 16.0 Å². The van der Waals surface area contributed by atoms with Crippen molar-refractivity contribution in [3.63, 3.8) is 0 Å². The van der Waals surface area contributed by atoms with E-state index in [4.69, 9.17) is 4.74 Å². The van der Waals surface area contributed by atoms with E-state index in [1.807, 2.05) is 14.0 Å².